The molecule has 0 fully saturated rings. The fraction of sp³-hybridized carbons (Fsp3) is 0.125. The summed E-state index contributed by atoms with van der Waals surface area (Å²) in [4.78, 5) is 23.3. The Kier molecular flexibility index (Phi) is 7.01. The molecule has 4 aromatic rings. The highest BCUT2D eigenvalue weighted by Gasteiger charge is 2.21. The smallest absolute Gasteiger partial charge is 0.280 e. The fourth-order valence-electron chi connectivity index (χ4n) is 3.10. The summed E-state index contributed by atoms with van der Waals surface area (Å²) in [5.41, 5.74) is 6.13. The molecule has 0 spiro atoms. The van der Waals surface area contributed by atoms with Gasteiger partial charge in [-0.2, -0.15) is 5.10 Å². The quantitative estimate of drug-likeness (QED) is 0.228. The predicted molar refractivity (Wildman–Crippen MR) is 137 cm³/mol. The molecule has 3 N–H and O–H groups in total. The maximum absolute atomic E-state index is 13.1. The molecule has 0 aliphatic rings. The van der Waals surface area contributed by atoms with Crippen molar-refractivity contribution in [3.8, 4) is 11.3 Å². The van der Waals surface area contributed by atoms with Gasteiger partial charge in [0, 0.05) is 21.4 Å². The van der Waals surface area contributed by atoms with Crippen LogP contribution in [-0.4, -0.2) is 27.3 Å². The van der Waals surface area contributed by atoms with Crippen LogP contribution in [0.1, 0.15) is 23.1 Å². The van der Waals surface area contributed by atoms with Gasteiger partial charge in [-0.05, 0) is 13.3 Å². The zero-order valence-corrected chi connectivity index (χ0v) is 19.8. The van der Waals surface area contributed by atoms with Crippen molar-refractivity contribution in [2.24, 2.45) is 5.10 Å². The van der Waals surface area contributed by atoms with Crippen molar-refractivity contribution in [2.45, 2.75) is 20.3 Å². The molecule has 1 amide bonds. The Hall–Kier alpha value is -3.69. The summed E-state index contributed by atoms with van der Waals surface area (Å²) in [6.45, 7) is 4.04. The van der Waals surface area contributed by atoms with E-state index in [1.165, 1.54) is 22.7 Å². The lowest BCUT2D eigenvalue weighted by Crippen LogP contribution is -2.31. The number of carbonyl (C=O) groups is 1. The van der Waals surface area contributed by atoms with Crippen LogP contribution in [0.4, 0.5) is 10.3 Å². The number of nitrogens with one attached hydrogen (secondary N) is 3. The van der Waals surface area contributed by atoms with Gasteiger partial charge in [0.2, 0.25) is 5.13 Å². The second kappa shape index (κ2) is 10.3. The summed E-state index contributed by atoms with van der Waals surface area (Å²) in [6.07, 6.45) is 0.814. The molecule has 0 bridgehead atoms. The zero-order valence-electron chi connectivity index (χ0n) is 18.1. The molecule has 0 aliphatic heterocycles. The van der Waals surface area contributed by atoms with Crippen molar-refractivity contribution in [1.29, 1.82) is 5.41 Å². The molecule has 0 atom stereocenters. The predicted octanol–water partition coefficient (Wildman–Crippen LogP) is 5.61. The van der Waals surface area contributed by atoms with E-state index >= 15 is 0 Å². The first kappa shape index (κ1) is 22.5. The van der Waals surface area contributed by atoms with Gasteiger partial charge in [0.1, 0.15) is 0 Å². The summed E-state index contributed by atoms with van der Waals surface area (Å²) >= 11 is 2.78. The summed E-state index contributed by atoms with van der Waals surface area (Å²) in [6, 6.07) is 18.8. The Bertz CT molecular complexity index is 1300. The Morgan fingerprint density at radius 3 is 2.39 bits per heavy atom. The van der Waals surface area contributed by atoms with Gasteiger partial charge < -0.3 is 0 Å². The number of aryl methyl sites for hydroxylation is 2. The number of hydrogen-bond acceptors (Lipinski definition) is 8. The molecular formula is C24H22N6OS2. The summed E-state index contributed by atoms with van der Waals surface area (Å²) in [5, 5.41) is 18.6. The van der Waals surface area contributed by atoms with Crippen LogP contribution >= 0.6 is 22.7 Å². The standard InChI is InChI=1S/C24H22N6OS2/c1-3-18-15(2)33-24(26-18)30-29-21(20(25)17-12-8-5-9-13-17)22(31)28-23-27-19(14-32-23)16-10-6-4-7-11-16/h4-14,25H,3H2,1-2H3,(H,26,30)(H,27,28,31)/b25-20?,29-21-. The van der Waals surface area contributed by atoms with Crippen molar-refractivity contribution in [3.63, 3.8) is 0 Å². The highest BCUT2D eigenvalue weighted by atomic mass is 32.1. The number of aromatic nitrogens is 2. The summed E-state index contributed by atoms with van der Waals surface area (Å²) in [5.74, 6) is -0.519. The Morgan fingerprint density at radius 2 is 1.73 bits per heavy atom. The third-order valence-electron chi connectivity index (χ3n) is 4.80. The SMILES string of the molecule is CCc1nc(N/N=C(/C(=N)c2ccccc2)C(=O)Nc2nc(-c3ccccc3)cs2)sc1C. The van der Waals surface area contributed by atoms with Crippen molar-refractivity contribution in [2.75, 3.05) is 10.7 Å². The molecule has 0 aliphatic carbocycles. The van der Waals surface area contributed by atoms with E-state index in [4.69, 9.17) is 5.41 Å². The van der Waals surface area contributed by atoms with E-state index in [2.05, 4.69) is 25.8 Å². The van der Waals surface area contributed by atoms with Crippen molar-refractivity contribution in [1.82, 2.24) is 9.97 Å². The normalized spacial score (nSPS) is 11.3. The second-order valence-corrected chi connectivity index (χ2v) is 9.11. The van der Waals surface area contributed by atoms with E-state index in [1.807, 2.05) is 67.8 Å². The molecular weight excluding hydrogens is 452 g/mol. The number of hydrazone groups is 1. The highest BCUT2D eigenvalue weighted by molar-refractivity contribution is 7.15. The lowest BCUT2D eigenvalue weighted by molar-refractivity contribution is -0.110. The van der Waals surface area contributed by atoms with Crippen LogP contribution in [0, 0.1) is 12.3 Å². The number of amides is 1. The van der Waals surface area contributed by atoms with Crippen molar-refractivity contribution >= 4 is 50.3 Å². The average Bonchev–Trinajstić information content (AvgIpc) is 3.46. The number of benzene rings is 2. The van der Waals surface area contributed by atoms with E-state index in [0.717, 1.165) is 28.2 Å². The van der Waals surface area contributed by atoms with E-state index in [1.54, 1.807) is 12.1 Å². The number of nitrogens with zero attached hydrogens (tertiary/aromatic N) is 3. The molecule has 33 heavy (non-hydrogen) atoms. The van der Waals surface area contributed by atoms with Crippen LogP contribution in [0.3, 0.4) is 0 Å². The summed E-state index contributed by atoms with van der Waals surface area (Å²) < 4.78 is 0. The lowest BCUT2D eigenvalue weighted by Gasteiger charge is -2.08. The molecule has 2 aromatic heterocycles. The van der Waals surface area contributed by atoms with Gasteiger partial charge in [-0.1, -0.05) is 67.6 Å². The average molecular weight is 475 g/mol. The number of thiazole rings is 2. The van der Waals surface area contributed by atoms with Crippen LogP contribution in [-0.2, 0) is 11.2 Å². The van der Waals surface area contributed by atoms with E-state index < -0.39 is 5.91 Å². The molecule has 166 valence electrons. The van der Waals surface area contributed by atoms with E-state index in [0.29, 0.717) is 15.8 Å². The van der Waals surface area contributed by atoms with Crippen LogP contribution < -0.4 is 10.7 Å². The summed E-state index contributed by atoms with van der Waals surface area (Å²) in [7, 11) is 0. The van der Waals surface area contributed by atoms with E-state index in [9.17, 15) is 4.79 Å². The van der Waals surface area contributed by atoms with Gasteiger partial charge >= 0.3 is 0 Å². The second-order valence-electron chi connectivity index (χ2n) is 7.05. The fourth-order valence-corrected chi connectivity index (χ4v) is 4.66. The minimum absolute atomic E-state index is 0.00410. The van der Waals surface area contributed by atoms with Crippen LogP contribution in [0.15, 0.2) is 71.1 Å². The lowest BCUT2D eigenvalue weighted by atomic mass is 10.1. The minimum atomic E-state index is -0.519. The van der Waals surface area contributed by atoms with E-state index in [-0.39, 0.29) is 11.4 Å². The molecule has 2 aromatic carbocycles. The molecule has 7 nitrogen and oxygen atoms in total. The molecule has 2 heterocycles. The Labute approximate surface area is 199 Å². The largest absolute Gasteiger partial charge is 0.298 e. The Balaban J connectivity index is 1.59. The van der Waals surface area contributed by atoms with Crippen molar-refractivity contribution < 1.29 is 4.79 Å². The van der Waals surface area contributed by atoms with Gasteiger partial charge in [0.15, 0.2) is 10.8 Å². The van der Waals surface area contributed by atoms with Crippen molar-refractivity contribution in [3.05, 3.63) is 82.2 Å². The molecule has 4 rings (SSSR count). The minimum Gasteiger partial charge on any atom is -0.298 e. The molecule has 0 unspecified atom stereocenters. The van der Waals surface area contributed by atoms with Crippen LogP contribution in [0.25, 0.3) is 11.3 Å². The Morgan fingerprint density at radius 1 is 1.03 bits per heavy atom. The monoisotopic (exact) mass is 474 g/mol. The topological polar surface area (TPSA) is 103 Å². The third-order valence-corrected chi connectivity index (χ3v) is 6.47. The highest BCUT2D eigenvalue weighted by Crippen LogP contribution is 2.25. The van der Waals surface area contributed by atoms with Gasteiger partial charge in [-0.3, -0.25) is 20.9 Å². The van der Waals surface area contributed by atoms with Crippen LogP contribution in [0.2, 0.25) is 0 Å². The van der Waals surface area contributed by atoms with Gasteiger partial charge in [0.25, 0.3) is 5.91 Å². The maximum atomic E-state index is 13.1. The van der Waals surface area contributed by atoms with Gasteiger partial charge in [-0.15, -0.1) is 22.7 Å². The number of carbonyl (C=O) groups excluding carboxylic acids is 1. The van der Waals surface area contributed by atoms with Gasteiger partial charge in [0.05, 0.1) is 17.1 Å². The molecule has 0 radical (unpaired) electrons. The first-order chi connectivity index (χ1) is 16.0. The first-order valence-electron chi connectivity index (χ1n) is 10.3. The van der Waals surface area contributed by atoms with Gasteiger partial charge in [-0.25, -0.2) is 9.97 Å². The third kappa shape index (κ3) is 5.39. The number of anilines is 2. The molecule has 0 saturated heterocycles. The zero-order chi connectivity index (χ0) is 23.2. The maximum Gasteiger partial charge on any atom is 0.280 e. The first-order valence-corrected chi connectivity index (χ1v) is 12.0. The molecule has 0 saturated carbocycles. The van der Waals surface area contributed by atoms with Crippen LogP contribution in [0.5, 0.6) is 0 Å². The molecule has 9 heteroatoms. The number of rotatable bonds is 8. The number of hydrogen-bond donors (Lipinski definition) is 3.